The average molecular weight is 537 g/mol. The van der Waals surface area contributed by atoms with Crippen molar-refractivity contribution >= 4 is 23.3 Å². The summed E-state index contributed by atoms with van der Waals surface area (Å²) in [7, 11) is 2.16. The van der Waals surface area contributed by atoms with Gasteiger partial charge >= 0.3 is 5.97 Å². The van der Waals surface area contributed by atoms with Gasteiger partial charge in [-0.25, -0.2) is 0 Å². The highest BCUT2D eigenvalue weighted by Crippen LogP contribution is 2.30. The van der Waals surface area contributed by atoms with Crippen LogP contribution < -0.4 is 4.74 Å². The Balaban J connectivity index is 1.58. The van der Waals surface area contributed by atoms with Gasteiger partial charge in [-0.2, -0.15) is 4.37 Å². The number of ether oxygens (including phenoxy) is 2. The molecule has 1 aliphatic rings. The number of hydrogen-bond acceptors (Lipinski definition) is 6. The molecule has 0 fully saturated rings. The molecule has 2 rings (SSSR count). The van der Waals surface area contributed by atoms with E-state index in [1.807, 2.05) is 0 Å². The molecule has 0 bridgehead atoms. The van der Waals surface area contributed by atoms with E-state index in [0.717, 1.165) is 50.0 Å². The van der Waals surface area contributed by atoms with Crippen LogP contribution in [0.3, 0.4) is 0 Å². The van der Waals surface area contributed by atoms with Crippen LogP contribution in [0.25, 0.3) is 5.57 Å². The average Bonchev–Trinajstić information content (AvgIpc) is 3.37. The summed E-state index contributed by atoms with van der Waals surface area (Å²) in [5.41, 5.74) is 2.02. The van der Waals surface area contributed by atoms with Gasteiger partial charge in [0.25, 0.3) is 5.88 Å². The smallest absolute Gasteiger partial charge is 0.310 e. The third kappa shape index (κ3) is 13.8. The Hall–Kier alpha value is -1.47. The summed E-state index contributed by atoms with van der Waals surface area (Å²) >= 11 is 1.21. The molecule has 0 aliphatic carbocycles. The Morgan fingerprint density at radius 3 is 2.11 bits per heavy atom. The molecule has 0 saturated heterocycles. The van der Waals surface area contributed by atoms with Gasteiger partial charge in [-0.3, -0.25) is 9.28 Å². The van der Waals surface area contributed by atoms with Crippen LogP contribution in [-0.2, 0) is 9.53 Å². The van der Waals surface area contributed by atoms with E-state index in [-0.39, 0.29) is 5.97 Å². The lowest BCUT2D eigenvalue weighted by Crippen LogP contribution is -2.49. The van der Waals surface area contributed by atoms with Crippen LogP contribution in [0.4, 0.5) is 0 Å². The molecule has 7 heteroatoms. The highest BCUT2D eigenvalue weighted by Gasteiger charge is 2.31. The fourth-order valence-corrected chi connectivity index (χ4v) is 5.50. The summed E-state index contributed by atoms with van der Waals surface area (Å²) in [6.07, 6.45) is 24.0. The van der Waals surface area contributed by atoms with Crippen LogP contribution in [0, 0.1) is 0 Å². The van der Waals surface area contributed by atoms with Gasteiger partial charge < -0.3 is 9.47 Å². The van der Waals surface area contributed by atoms with Crippen LogP contribution in [0.1, 0.15) is 135 Å². The topological polar surface area (TPSA) is 61.3 Å². The van der Waals surface area contributed by atoms with Crippen molar-refractivity contribution in [3.05, 3.63) is 11.8 Å². The fourth-order valence-electron chi connectivity index (χ4n) is 4.97. The Morgan fingerprint density at radius 1 is 0.865 bits per heavy atom. The van der Waals surface area contributed by atoms with Gasteiger partial charge in [0.1, 0.15) is 12.2 Å². The van der Waals surface area contributed by atoms with Gasteiger partial charge in [-0.05, 0) is 12.8 Å². The first-order chi connectivity index (χ1) is 18.1. The SMILES string of the molecule is CCCCCCCCCCCCCCC(=O)OC[N+]1(C)CCC=C(c2nsnc2OCCCCCC)C1. The number of hydrogen-bond donors (Lipinski definition) is 0. The van der Waals surface area contributed by atoms with E-state index in [9.17, 15) is 4.79 Å². The largest absolute Gasteiger partial charge is 0.475 e. The van der Waals surface area contributed by atoms with E-state index in [4.69, 9.17) is 9.47 Å². The molecule has 0 saturated carbocycles. The molecule has 1 aromatic heterocycles. The molecule has 0 radical (unpaired) electrons. The third-order valence-corrected chi connectivity index (χ3v) is 7.89. The first-order valence-electron chi connectivity index (χ1n) is 15.2. The van der Waals surface area contributed by atoms with Crippen molar-refractivity contribution in [1.82, 2.24) is 8.75 Å². The monoisotopic (exact) mass is 536 g/mol. The van der Waals surface area contributed by atoms with E-state index in [1.54, 1.807) is 0 Å². The highest BCUT2D eigenvalue weighted by atomic mass is 32.1. The standard InChI is InChI=1S/C30H54N3O3S/c1-4-6-8-10-11-12-13-14-15-16-17-18-22-28(34)36-26-33(3)23-20-21-27(25-33)29-30(32-37-31-29)35-24-19-9-7-5-2/h21H,4-20,22-26H2,1-3H3/q+1. The number of rotatable bonds is 22. The molecule has 1 atom stereocenters. The second-order valence-corrected chi connectivity index (χ2v) is 11.7. The lowest BCUT2D eigenvalue weighted by Gasteiger charge is -2.36. The lowest BCUT2D eigenvalue weighted by atomic mass is 10.0. The van der Waals surface area contributed by atoms with Gasteiger partial charge in [0.15, 0.2) is 0 Å². The molecule has 1 aliphatic heterocycles. The van der Waals surface area contributed by atoms with Crippen molar-refractivity contribution in [2.45, 2.75) is 129 Å². The molecule has 37 heavy (non-hydrogen) atoms. The lowest BCUT2D eigenvalue weighted by molar-refractivity contribution is -0.919. The number of carbonyl (C=O) groups is 1. The summed E-state index contributed by atoms with van der Waals surface area (Å²) in [6.45, 7) is 7.33. The van der Waals surface area contributed by atoms with Crippen LogP contribution in [0.2, 0.25) is 0 Å². The minimum absolute atomic E-state index is 0.0611. The zero-order valence-electron chi connectivity index (χ0n) is 24.1. The number of nitrogens with zero attached hydrogens (tertiary/aromatic N) is 3. The number of unbranched alkanes of at least 4 members (excludes halogenated alkanes) is 14. The molecule has 0 spiro atoms. The zero-order valence-corrected chi connectivity index (χ0v) is 24.9. The number of likely N-dealkylation sites (N-methyl/N-ethyl adjacent to an activating group) is 1. The molecule has 6 nitrogen and oxygen atoms in total. The maximum Gasteiger partial charge on any atom is 0.310 e. The van der Waals surface area contributed by atoms with E-state index in [0.29, 0.717) is 30.1 Å². The number of carbonyl (C=O) groups excluding carboxylic acids is 1. The molecule has 0 amide bonds. The van der Waals surface area contributed by atoms with Gasteiger partial charge in [0, 0.05) is 18.4 Å². The van der Waals surface area contributed by atoms with E-state index < -0.39 is 0 Å². The second-order valence-electron chi connectivity index (χ2n) is 11.1. The van der Waals surface area contributed by atoms with Crippen molar-refractivity contribution < 1.29 is 18.8 Å². The Kier molecular flexibility index (Phi) is 16.8. The Bertz CT molecular complexity index is 767. The molecular formula is C30H54N3O3S+. The molecule has 1 aromatic rings. The molecular weight excluding hydrogens is 482 g/mol. The minimum atomic E-state index is -0.0611. The summed E-state index contributed by atoms with van der Waals surface area (Å²) in [5.74, 6) is 0.596. The molecule has 0 N–H and O–H groups in total. The molecule has 0 aromatic carbocycles. The van der Waals surface area contributed by atoms with Crippen LogP contribution >= 0.6 is 11.7 Å². The van der Waals surface area contributed by atoms with Crippen molar-refractivity contribution in [2.24, 2.45) is 0 Å². The van der Waals surface area contributed by atoms with Crippen LogP contribution in [0.5, 0.6) is 5.88 Å². The number of esters is 1. The maximum atomic E-state index is 12.4. The van der Waals surface area contributed by atoms with Crippen LogP contribution in [-0.4, -0.2) is 52.7 Å². The van der Waals surface area contributed by atoms with Crippen molar-refractivity contribution in [1.29, 1.82) is 0 Å². The fraction of sp³-hybridized carbons (Fsp3) is 0.833. The normalized spacial score (nSPS) is 17.5. The second kappa shape index (κ2) is 19.6. The summed E-state index contributed by atoms with van der Waals surface area (Å²) in [5, 5.41) is 0. The van der Waals surface area contributed by atoms with E-state index >= 15 is 0 Å². The highest BCUT2D eigenvalue weighted by molar-refractivity contribution is 6.99. The van der Waals surface area contributed by atoms with Crippen molar-refractivity contribution in [3.8, 4) is 5.88 Å². The predicted octanol–water partition coefficient (Wildman–Crippen LogP) is 8.32. The molecule has 2 heterocycles. The minimum Gasteiger partial charge on any atom is -0.475 e. The van der Waals surface area contributed by atoms with Crippen molar-refractivity contribution in [2.75, 3.05) is 33.5 Å². The number of aromatic nitrogens is 2. The van der Waals surface area contributed by atoms with Crippen molar-refractivity contribution in [3.63, 3.8) is 0 Å². The van der Waals surface area contributed by atoms with E-state index in [1.165, 1.54) is 95.2 Å². The van der Waals surface area contributed by atoms with Gasteiger partial charge in [-0.1, -0.05) is 110 Å². The molecule has 1 unspecified atom stereocenters. The first kappa shape index (κ1) is 31.7. The maximum absolute atomic E-state index is 12.4. The zero-order chi connectivity index (χ0) is 26.6. The summed E-state index contributed by atoms with van der Waals surface area (Å²) in [6, 6.07) is 0. The van der Waals surface area contributed by atoms with E-state index in [2.05, 4.69) is 35.7 Å². The van der Waals surface area contributed by atoms with Gasteiger partial charge in [0.05, 0.1) is 31.9 Å². The first-order valence-corrected chi connectivity index (χ1v) is 15.9. The predicted molar refractivity (Wildman–Crippen MR) is 155 cm³/mol. The van der Waals surface area contributed by atoms with Gasteiger partial charge in [0.2, 0.25) is 6.73 Å². The number of quaternary nitrogens is 1. The quantitative estimate of drug-likeness (QED) is 0.0847. The third-order valence-electron chi connectivity index (χ3n) is 7.38. The summed E-state index contributed by atoms with van der Waals surface area (Å²) in [4.78, 5) is 12.4. The van der Waals surface area contributed by atoms with Gasteiger partial charge in [-0.15, -0.1) is 4.37 Å². The van der Waals surface area contributed by atoms with Crippen LogP contribution in [0.15, 0.2) is 6.08 Å². The Labute approximate surface area is 231 Å². The Morgan fingerprint density at radius 2 is 1.46 bits per heavy atom. The molecule has 212 valence electrons. The summed E-state index contributed by atoms with van der Waals surface area (Å²) < 4.78 is 21.3.